The zero-order chi connectivity index (χ0) is 15.6. The number of hydrogen-bond donors (Lipinski definition) is 1. The molecule has 0 aliphatic heterocycles. The summed E-state index contributed by atoms with van der Waals surface area (Å²) in [4.78, 5) is 4.03. The third-order valence-corrected chi connectivity index (χ3v) is 4.53. The predicted molar refractivity (Wildman–Crippen MR) is 77.2 cm³/mol. The number of halogens is 1. The molecular formula is C14H15FN2O3S. The van der Waals surface area contributed by atoms with Crippen molar-refractivity contribution in [2.45, 2.75) is 17.6 Å². The van der Waals surface area contributed by atoms with E-state index in [1.807, 2.05) is 0 Å². The molecule has 1 aromatic carbocycles. The van der Waals surface area contributed by atoms with Gasteiger partial charge < -0.3 is 10.5 Å². The molecule has 2 rings (SSSR count). The summed E-state index contributed by atoms with van der Waals surface area (Å²) in [5.74, 6) is -0.573. The monoisotopic (exact) mass is 310 g/mol. The van der Waals surface area contributed by atoms with Gasteiger partial charge in [-0.15, -0.1) is 0 Å². The van der Waals surface area contributed by atoms with Crippen molar-refractivity contribution in [1.29, 1.82) is 0 Å². The Morgan fingerprint density at radius 2 is 2.00 bits per heavy atom. The highest BCUT2D eigenvalue weighted by molar-refractivity contribution is 7.90. The zero-order valence-electron chi connectivity index (χ0n) is 11.6. The number of benzene rings is 1. The van der Waals surface area contributed by atoms with Gasteiger partial charge in [-0.05, 0) is 25.1 Å². The van der Waals surface area contributed by atoms with Gasteiger partial charge in [-0.3, -0.25) is 4.98 Å². The molecule has 0 spiro atoms. The Kier molecular flexibility index (Phi) is 4.13. The minimum Gasteiger partial charge on any atom is -0.497 e. The molecule has 2 aromatic rings. The molecule has 0 amide bonds. The molecule has 5 nitrogen and oxygen atoms in total. The Labute approximate surface area is 122 Å². The van der Waals surface area contributed by atoms with Gasteiger partial charge in [0.15, 0.2) is 9.84 Å². The number of aromatic nitrogens is 1. The van der Waals surface area contributed by atoms with Crippen LogP contribution in [0.4, 0.5) is 10.1 Å². The van der Waals surface area contributed by atoms with Crippen molar-refractivity contribution in [3.63, 3.8) is 0 Å². The van der Waals surface area contributed by atoms with Crippen molar-refractivity contribution in [3.8, 4) is 5.75 Å². The fourth-order valence-corrected chi connectivity index (χ4v) is 3.14. The number of nitrogens with two attached hydrogens (primary N) is 1. The number of ether oxygens (including phenoxy) is 1. The Morgan fingerprint density at radius 3 is 2.62 bits per heavy atom. The predicted octanol–water partition coefficient (Wildman–Crippen LogP) is 2.09. The largest absolute Gasteiger partial charge is 0.497 e. The maximum absolute atomic E-state index is 13.4. The van der Waals surface area contributed by atoms with E-state index in [0.717, 1.165) is 6.07 Å². The van der Waals surface area contributed by atoms with Crippen LogP contribution in [0.2, 0.25) is 0 Å². The Bertz CT molecular complexity index is 776. The summed E-state index contributed by atoms with van der Waals surface area (Å²) in [7, 11) is -2.22. The van der Waals surface area contributed by atoms with Crippen LogP contribution in [0.15, 0.2) is 35.2 Å². The first-order chi connectivity index (χ1) is 9.81. The molecule has 0 saturated heterocycles. The van der Waals surface area contributed by atoms with Gasteiger partial charge in [0, 0.05) is 17.8 Å². The van der Waals surface area contributed by atoms with E-state index in [1.165, 1.54) is 25.3 Å². The lowest BCUT2D eigenvalue weighted by molar-refractivity contribution is 0.413. The Balaban J connectivity index is 2.37. The van der Waals surface area contributed by atoms with E-state index in [1.54, 1.807) is 13.0 Å². The van der Waals surface area contributed by atoms with Gasteiger partial charge in [0.05, 0.1) is 29.1 Å². The highest BCUT2D eigenvalue weighted by Crippen LogP contribution is 2.22. The van der Waals surface area contributed by atoms with Crippen molar-refractivity contribution in [2.75, 3.05) is 12.8 Å². The average Bonchev–Trinajstić information content (AvgIpc) is 2.40. The molecule has 0 aliphatic rings. The third kappa shape index (κ3) is 3.49. The van der Waals surface area contributed by atoms with Crippen LogP contribution in [0, 0.1) is 12.7 Å². The smallest absolute Gasteiger partial charge is 0.184 e. The topological polar surface area (TPSA) is 82.3 Å². The zero-order valence-corrected chi connectivity index (χ0v) is 12.4. The van der Waals surface area contributed by atoms with Gasteiger partial charge in [-0.2, -0.15) is 0 Å². The average molecular weight is 310 g/mol. The normalized spacial score (nSPS) is 11.4. The Hall–Kier alpha value is -2.15. The van der Waals surface area contributed by atoms with Gasteiger partial charge in [0.2, 0.25) is 0 Å². The summed E-state index contributed by atoms with van der Waals surface area (Å²) in [5.41, 5.74) is 6.23. The summed E-state index contributed by atoms with van der Waals surface area (Å²) in [6.45, 7) is 1.74. The third-order valence-electron chi connectivity index (χ3n) is 2.88. The van der Waals surface area contributed by atoms with Crippen LogP contribution < -0.4 is 10.5 Å². The van der Waals surface area contributed by atoms with E-state index >= 15 is 0 Å². The van der Waals surface area contributed by atoms with Crippen molar-refractivity contribution in [3.05, 3.63) is 47.5 Å². The molecule has 1 aromatic heterocycles. The Morgan fingerprint density at radius 1 is 1.29 bits per heavy atom. The maximum atomic E-state index is 13.4. The summed E-state index contributed by atoms with van der Waals surface area (Å²) in [5, 5.41) is 0. The number of hydrogen-bond acceptors (Lipinski definition) is 5. The molecule has 112 valence electrons. The molecule has 21 heavy (non-hydrogen) atoms. The fourth-order valence-electron chi connectivity index (χ4n) is 1.87. The number of methoxy groups -OCH3 is 1. The summed E-state index contributed by atoms with van der Waals surface area (Å²) in [6, 6.07) is 6.65. The summed E-state index contributed by atoms with van der Waals surface area (Å²) >= 11 is 0. The lowest BCUT2D eigenvalue weighted by Gasteiger charge is -2.08. The van der Waals surface area contributed by atoms with Gasteiger partial charge in [0.1, 0.15) is 11.6 Å². The molecule has 0 fully saturated rings. The minimum absolute atomic E-state index is 0.0932. The van der Waals surface area contributed by atoms with Crippen LogP contribution in [0.3, 0.4) is 0 Å². The van der Waals surface area contributed by atoms with E-state index in [4.69, 9.17) is 10.5 Å². The van der Waals surface area contributed by atoms with Crippen molar-refractivity contribution in [1.82, 2.24) is 4.98 Å². The SMILES string of the molecule is COc1cc(C)nc(CS(=O)(=O)c2ccc(N)c(F)c2)c1. The molecule has 0 bridgehead atoms. The van der Waals surface area contributed by atoms with Crippen LogP contribution in [0.25, 0.3) is 0 Å². The fraction of sp³-hybridized carbons (Fsp3) is 0.214. The van der Waals surface area contributed by atoms with Crippen molar-refractivity contribution in [2.24, 2.45) is 0 Å². The second kappa shape index (κ2) is 5.69. The van der Waals surface area contributed by atoms with Crippen molar-refractivity contribution < 1.29 is 17.5 Å². The number of anilines is 1. The highest BCUT2D eigenvalue weighted by atomic mass is 32.2. The molecule has 2 N–H and O–H groups in total. The number of aryl methyl sites for hydroxylation is 1. The summed E-state index contributed by atoms with van der Waals surface area (Å²) in [6.07, 6.45) is 0. The first kappa shape index (κ1) is 15.2. The molecule has 0 aliphatic carbocycles. The van der Waals surface area contributed by atoms with Gasteiger partial charge in [-0.1, -0.05) is 0 Å². The number of sulfone groups is 1. The standard InChI is InChI=1S/C14H15FN2O3S/c1-9-5-11(20-2)6-10(17-9)8-21(18,19)12-3-4-14(16)13(15)7-12/h3-7H,8,16H2,1-2H3. The lowest BCUT2D eigenvalue weighted by Crippen LogP contribution is -2.08. The number of pyridine rings is 1. The molecule has 1 heterocycles. The molecule has 0 radical (unpaired) electrons. The quantitative estimate of drug-likeness (QED) is 0.874. The first-order valence-corrected chi connectivity index (χ1v) is 7.76. The second-order valence-electron chi connectivity index (χ2n) is 4.58. The molecule has 0 unspecified atom stereocenters. The molecular weight excluding hydrogens is 295 g/mol. The van der Waals surface area contributed by atoms with E-state index in [9.17, 15) is 12.8 Å². The van der Waals surface area contributed by atoms with Crippen LogP contribution in [-0.2, 0) is 15.6 Å². The second-order valence-corrected chi connectivity index (χ2v) is 6.57. The maximum Gasteiger partial charge on any atom is 0.184 e. The van der Waals surface area contributed by atoms with Crippen LogP contribution in [0.1, 0.15) is 11.4 Å². The van der Waals surface area contributed by atoms with E-state index in [0.29, 0.717) is 17.1 Å². The number of rotatable bonds is 4. The van der Waals surface area contributed by atoms with E-state index < -0.39 is 15.7 Å². The first-order valence-electron chi connectivity index (χ1n) is 6.11. The molecule has 7 heteroatoms. The van der Waals surface area contributed by atoms with Gasteiger partial charge in [0.25, 0.3) is 0 Å². The lowest BCUT2D eigenvalue weighted by atomic mass is 10.3. The van der Waals surface area contributed by atoms with Gasteiger partial charge >= 0.3 is 0 Å². The van der Waals surface area contributed by atoms with E-state index in [2.05, 4.69) is 4.98 Å². The van der Waals surface area contributed by atoms with Gasteiger partial charge in [-0.25, -0.2) is 12.8 Å². The molecule has 0 saturated carbocycles. The van der Waals surface area contributed by atoms with E-state index in [-0.39, 0.29) is 16.3 Å². The number of nitrogen functional groups attached to an aromatic ring is 1. The van der Waals surface area contributed by atoms with Crippen LogP contribution in [0.5, 0.6) is 5.75 Å². The molecule has 0 atom stereocenters. The van der Waals surface area contributed by atoms with Crippen molar-refractivity contribution >= 4 is 15.5 Å². The highest BCUT2D eigenvalue weighted by Gasteiger charge is 2.18. The van der Waals surface area contributed by atoms with Crippen LogP contribution in [-0.4, -0.2) is 20.5 Å². The number of nitrogens with zero attached hydrogens (tertiary/aromatic N) is 1. The summed E-state index contributed by atoms with van der Waals surface area (Å²) < 4.78 is 43.1. The minimum atomic E-state index is -3.71. The van der Waals surface area contributed by atoms with Crippen LogP contribution >= 0.6 is 0 Å².